The van der Waals surface area contributed by atoms with E-state index < -0.39 is 0 Å². The zero-order chi connectivity index (χ0) is 13.1. The van der Waals surface area contributed by atoms with E-state index >= 15 is 0 Å². The average Bonchev–Trinajstić information content (AvgIpc) is 2.90. The second kappa shape index (κ2) is 5.03. The normalized spacial score (nSPS) is 11.2. The Morgan fingerprint density at radius 3 is 2.84 bits per heavy atom. The molecule has 0 saturated heterocycles. The summed E-state index contributed by atoms with van der Waals surface area (Å²) in [6, 6.07) is 7.36. The van der Waals surface area contributed by atoms with Gasteiger partial charge in [0, 0.05) is 5.02 Å². The lowest BCUT2D eigenvalue weighted by Crippen LogP contribution is -1.95. The molecule has 0 aliphatic carbocycles. The van der Waals surface area contributed by atoms with Gasteiger partial charge in [-0.2, -0.15) is 5.10 Å². The first-order chi connectivity index (χ1) is 9.33. The summed E-state index contributed by atoms with van der Waals surface area (Å²) in [5.41, 5.74) is 5.10. The maximum absolute atomic E-state index is 5.81. The zero-order valence-electron chi connectivity index (χ0n) is 9.71. The third-order valence-electron chi connectivity index (χ3n) is 2.48. The number of fused-ring (bicyclic) bond motifs is 1. The highest BCUT2D eigenvalue weighted by atomic mass is 35.5. The second-order valence-electron chi connectivity index (χ2n) is 3.74. The summed E-state index contributed by atoms with van der Waals surface area (Å²) in [7, 11) is 0. The van der Waals surface area contributed by atoms with Gasteiger partial charge in [-0.15, -0.1) is 0 Å². The van der Waals surface area contributed by atoms with Gasteiger partial charge in [-0.1, -0.05) is 23.7 Å². The molecule has 94 valence electrons. The van der Waals surface area contributed by atoms with E-state index in [4.69, 9.17) is 11.6 Å². The molecule has 6 nitrogen and oxygen atoms in total. The third kappa shape index (κ3) is 2.53. The van der Waals surface area contributed by atoms with Crippen molar-refractivity contribution in [3.05, 3.63) is 47.5 Å². The van der Waals surface area contributed by atoms with Crippen LogP contribution in [0.15, 0.2) is 42.0 Å². The molecule has 0 unspecified atom stereocenters. The molecule has 1 aromatic carbocycles. The van der Waals surface area contributed by atoms with E-state index in [1.807, 2.05) is 12.1 Å². The summed E-state index contributed by atoms with van der Waals surface area (Å²) in [5, 5.41) is 4.81. The topological polar surface area (TPSA) is 78.8 Å². The minimum atomic E-state index is 0.577. The quantitative estimate of drug-likeness (QED) is 0.567. The second-order valence-corrected chi connectivity index (χ2v) is 4.18. The highest BCUT2D eigenvalue weighted by Gasteiger charge is 2.03. The fraction of sp³-hybridized carbons (Fsp3) is 0. The Morgan fingerprint density at radius 1 is 1.16 bits per heavy atom. The van der Waals surface area contributed by atoms with Gasteiger partial charge < -0.3 is 4.98 Å². The van der Waals surface area contributed by atoms with E-state index in [-0.39, 0.29) is 0 Å². The number of halogens is 1. The van der Waals surface area contributed by atoms with Gasteiger partial charge in [-0.05, 0) is 17.7 Å². The van der Waals surface area contributed by atoms with E-state index in [9.17, 15) is 0 Å². The first kappa shape index (κ1) is 11.6. The van der Waals surface area contributed by atoms with Crippen LogP contribution in [0, 0.1) is 0 Å². The van der Waals surface area contributed by atoms with Crippen LogP contribution in [0.2, 0.25) is 5.02 Å². The van der Waals surface area contributed by atoms with E-state index in [1.54, 1.807) is 24.7 Å². The monoisotopic (exact) mass is 272 g/mol. The number of hydrazone groups is 1. The maximum Gasteiger partial charge on any atom is 0.182 e. The summed E-state index contributed by atoms with van der Waals surface area (Å²) in [6.07, 6.45) is 4.68. The summed E-state index contributed by atoms with van der Waals surface area (Å²) in [5.74, 6) is 0.577. The predicted molar refractivity (Wildman–Crippen MR) is 74.4 cm³/mol. The molecule has 0 aliphatic rings. The number of anilines is 1. The van der Waals surface area contributed by atoms with Crippen LogP contribution in [0.4, 0.5) is 5.82 Å². The molecule has 0 saturated carbocycles. The maximum atomic E-state index is 5.81. The molecule has 2 aromatic heterocycles. The van der Waals surface area contributed by atoms with Gasteiger partial charge in [0.2, 0.25) is 0 Å². The Bertz CT molecular complexity index is 718. The van der Waals surface area contributed by atoms with Crippen LogP contribution in [-0.2, 0) is 0 Å². The van der Waals surface area contributed by atoms with Gasteiger partial charge in [0.1, 0.15) is 11.8 Å². The Morgan fingerprint density at radius 2 is 2.00 bits per heavy atom. The third-order valence-corrected chi connectivity index (χ3v) is 2.73. The number of H-pyrrole nitrogens is 1. The van der Waals surface area contributed by atoms with Crippen molar-refractivity contribution in [1.82, 2.24) is 19.9 Å². The standard InChI is InChI=1S/C12H9ClN6/c13-9-3-1-8(2-4-9)5-18-19-12-10-11(15-6-14-10)16-7-17-12/h1-7H,(H2,14,15,16,17,19)/b18-5+. The number of aromatic amines is 1. The molecule has 2 N–H and O–H groups in total. The van der Waals surface area contributed by atoms with Crippen molar-refractivity contribution in [2.45, 2.75) is 0 Å². The van der Waals surface area contributed by atoms with Crippen molar-refractivity contribution >= 4 is 34.8 Å². The number of hydrogen-bond acceptors (Lipinski definition) is 5. The Kier molecular flexibility index (Phi) is 3.07. The molecule has 19 heavy (non-hydrogen) atoms. The Labute approximate surface area is 113 Å². The molecule has 0 radical (unpaired) electrons. The van der Waals surface area contributed by atoms with Crippen molar-refractivity contribution < 1.29 is 0 Å². The summed E-state index contributed by atoms with van der Waals surface area (Å²) in [6.45, 7) is 0. The number of imidazole rings is 1. The highest BCUT2D eigenvalue weighted by molar-refractivity contribution is 6.30. The summed E-state index contributed by atoms with van der Waals surface area (Å²) in [4.78, 5) is 15.1. The summed E-state index contributed by atoms with van der Waals surface area (Å²) < 4.78 is 0. The largest absolute Gasteiger partial charge is 0.340 e. The molecule has 0 atom stereocenters. The van der Waals surface area contributed by atoms with Crippen LogP contribution < -0.4 is 5.43 Å². The van der Waals surface area contributed by atoms with Crippen LogP contribution in [0.3, 0.4) is 0 Å². The van der Waals surface area contributed by atoms with Crippen molar-refractivity contribution in [3.63, 3.8) is 0 Å². The van der Waals surface area contributed by atoms with Gasteiger partial charge in [-0.25, -0.2) is 15.0 Å². The van der Waals surface area contributed by atoms with E-state index in [0.717, 1.165) is 11.1 Å². The zero-order valence-corrected chi connectivity index (χ0v) is 10.5. The molecule has 2 heterocycles. The lowest BCUT2D eigenvalue weighted by molar-refractivity contribution is 1.17. The lowest BCUT2D eigenvalue weighted by Gasteiger charge is -1.99. The lowest BCUT2D eigenvalue weighted by atomic mass is 10.2. The molecule has 0 amide bonds. The molecule has 0 fully saturated rings. The van der Waals surface area contributed by atoms with Crippen molar-refractivity contribution in [2.75, 3.05) is 5.43 Å². The predicted octanol–water partition coefficient (Wildman–Crippen LogP) is 2.45. The fourth-order valence-electron chi connectivity index (χ4n) is 1.57. The molecule has 3 rings (SSSR count). The molecular formula is C12H9ClN6. The first-order valence-electron chi connectivity index (χ1n) is 5.51. The van der Waals surface area contributed by atoms with Crippen molar-refractivity contribution in [3.8, 4) is 0 Å². The summed E-state index contributed by atoms with van der Waals surface area (Å²) >= 11 is 5.81. The van der Waals surface area contributed by atoms with Crippen LogP contribution >= 0.6 is 11.6 Å². The minimum Gasteiger partial charge on any atom is -0.340 e. The Balaban J connectivity index is 1.78. The van der Waals surface area contributed by atoms with Crippen LogP contribution in [-0.4, -0.2) is 26.2 Å². The number of nitrogens with one attached hydrogen (secondary N) is 2. The van der Waals surface area contributed by atoms with E-state index in [0.29, 0.717) is 16.5 Å². The number of hydrogen-bond donors (Lipinski definition) is 2. The van der Waals surface area contributed by atoms with Gasteiger partial charge >= 0.3 is 0 Å². The van der Waals surface area contributed by atoms with Crippen LogP contribution in [0.5, 0.6) is 0 Å². The minimum absolute atomic E-state index is 0.577. The highest BCUT2D eigenvalue weighted by Crippen LogP contribution is 2.14. The van der Waals surface area contributed by atoms with E-state index in [1.165, 1.54) is 6.33 Å². The first-order valence-corrected chi connectivity index (χ1v) is 5.89. The molecule has 3 aromatic rings. The van der Waals surface area contributed by atoms with Crippen LogP contribution in [0.25, 0.3) is 11.2 Å². The molecule has 0 aliphatic heterocycles. The average molecular weight is 273 g/mol. The fourth-order valence-corrected chi connectivity index (χ4v) is 1.69. The Hall–Kier alpha value is -2.47. The van der Waals surface area contributed by atoms with E-state index in [2.05, 4.69) is 30.5 Å². The SMILES string of the molecule is Clc1ccc(/C=N/Nc2ncnc3nc[nH]c23)cc1. The van der Waals surface area contributed by atoms with Gasteiger partial charge in [0.05, 0.1) is 12.5 Å². The number of nitrogens with zero attached hydrogens (tertiary/aromatic N) is 4. The van der Waals surface area contributed by atoms with Crippen molar-refractivity contribution in [2.24, 2.45) is 5.10 Å². The molecule has 0 spiro atoms. The van der Waals surface area contributed by atoms with Gasteiger partial charge in [0.25, 0.3) is 0 Å². The molecule has 7 heteroatoms. The van der Waals surface area contributed by atoms with Gasteiger partial charge in [-0.3, -0.25) is 5.43 Å². The molecule has 0 bridgehead atoms. The number of rotatable bonds is 3. The molecular weight excluding hydrogens is 264 g/mol. The number of benzene rings is 1. The number of aromatic nitrogens is 4. The smallest absolute Gasteiger partial charge is 0.182 e. The van der Waals surface area contributed by atoms with Crippen LogP contribution in [0.1, 0.15) is 5.56 Å². The van der Waals surface area contributed by atoms with Crippen molar-refractivity contribution in [1.29, 1.82) is 0 Å². The van der Waals surface area contributed by atoms with Gasteiger partial charge in [0.15, 0.2) is 11.5 Å².